The summed E-state index contributed by atoms with van der Waals surface area (Å²) in [6.45, 7) is 3.55. The van der Waals surface area contributed by atoms with E-state index in [9.17, 15) is 14.9 Å². The third-order valence-electron chi connectivity index (χ3n) is 4.65. The van der Waals surface area contributed by atoms with Crippen LogP contribution in [0.1, 0.15) is 5.76 Å². The molecule has 2 aromatic rings. The summed E-state index contributed by atoms with van der Waals surface area (Å²) in [4.78, 5) is 32.0. The molecule has 0 spiro atoms. The molecule has 2 aliphatic rings. The molecule has 0 unspecified atom stereocenters. The fraction of sp³-hybridized carbons (Fsp3) is 0.263. The largest absolute Gasteiger partial charge is 0.456 e. The van der Waals surface area contributed by atoms with Crippen molar-refractivity contribution in [2.45, 2.75) is 0 Å². The van der Waals surface area contributed by atoms with Gasteiger partial charge in [0, 0.05) is 38.3 Å². The molecule has 1 fully saturated rings. The molecule has 0 radical (unpaired) electrons. The van der Waals surface area contributed by atoms with Gasteiger partial charge in [0.2, 0.25) is 0 Å². The van der Waals surface area contributed by atoms with E-state index in [0.29, 0.717) is 22.0 Å². The number of amides is 1. The molecular weight excluding hydrogens is 380 g/mol. The van der Waals surface area contributed by atoms with E-state index in [-0.39, 0.29) is 11.6 Å². The van der Waals surface area contributed by atoms with E-state index < -0.39 is 4.92 Å². The number of piperazine rings is 1. The van der Waals surface area contributed by atoms with Crippen molar-refractivity contribution in [1.82, 2.24) is 9.80 Å². The molecule has 28 heavy (non-hydrogen) atoms. The fourth-order valence-corrected chi connectivity index (χ4v) is 4.02. The quantitative estimate of drug-likeness (QED) is 0.446. The van der Waals surface area contributed by atoms with E-state index in [0.717, 1.165) is 31.3 Å². The minimum atomic E-state index is -0.442. The number of nitro groups is 1. The summed E-state index contributed by atoms with van der Waals surface area (Å²) < 4.78 is 5.75. The van der Waals surface area contributed by atoms with Crippen molar-refractivity contribution < 1.29 is 14.1 Å². The Bertz CT molecular complexity index is 989. The summed E-state index contributed by atoms with van der Waals surface area (Å²) in [6, 6.07) is 9.76. The number of para-hydroxylation sites is 1. The lowest BCUT2D eigenvalue weighted by Crippen LogP contribution is -2.46. The first kappa shape index (κ1) is 18.5. The number of rotatable bonds is 3. The minimum Gasteiger partial charge on any atom is -0.456 e. The standard InChI is InChI=1S/C19H18N4O4S/c1-21-8-10-22(11-9-21)19-20-18(24)17(28-19)12-13-6-7-16(27-13)14-4-2-3-5-15(14)23(25)26/h2-7,12H,8-11H2,1H3/b17-12+. The van der Waals surface area contributed by atoms with Crippen molar-refractivity contribution in [3.63, 3.8) is 0 Å². The van der Waals surface area contributed by atoms with Crippen molar-refractivity contribution in [3.8, 4) is 11.3 Å². The van der Waals surface area contributed by atoms with Gasteiger partial charge in [-0.3, -0.25) is 14.9 Å². The molecule has 8 nitrogen and oxygen atoms in total. The molecule has 0 N–H and O–H groups in total. The highest BCUT2D eigenvalue weighted by atomic mass is 32.2. The zero-order chi connectivity index (χ0) is 19.7. The molecule has 144 valence electrons. The van der Waals surface area contributed by atoms with Gasteiger partial charge in [-0.05, 0) is 37.0 Å². The van der Waals surface area contributed by atoms with E-state index in [1.807, 2.05) is 0 Å². The van der Waals surface area contributed by atoms with Crippen LogP contribution in [-0.2, 0) is 4.79 Å². The van der Waals surface area contributed by atoms with Crippen molar-refractivity contribution in [1.29, 1.82) is 0 Å². The Balaban J connectivity index is 1.52. The summed E-state index contributed by atoms with van der Waals surface area (Å²) in [5.74, 6) is 0.552. The zero-order valence-electron chi connectivity index (χ0n) is 15.2. The van der Waals surface area contributed by atoms with E-state index in [1.165, 1.54) is 17.8 Å². The van der Waals surface area contributed by atoms with Gasteiger partial charge in [-0.2, -0.15) is 4.99 Å². The van der Waals surface area contributed by atoms with Gasteiger partial charge in [-0.15, -0.1) is 0 Å². The average molecular weight is 398 g/mol. The van der Waals surface area contributed by atoms with Gasteiger partial charge < -0.3 is 14.2 Å². The topological polar surface area (TPSA) is 92.2 Å². The molecule has 1 aromatic heterocycles. The number of carbonyl (C=O) groups is 1. The van der Waals surface area contributed by atoms with Gasteiger partial charge >= 0.3 is 0 Å². The van der Waals surface area contributed by atoms with Gasteiger partial charge in [0.05, 0.1) is 15.4 Å². The summed E-state index contributed by atoms with van der Waals surface area (Å²) in [6.07, 6.45) is 1.64. The minimum absolute atomic E-state index is 0.0249. The number of nitrogens with zero attached hydrogens (tertiary/aromatic N) is 4. The van der Waals surface area contributed by atoms with Gasteiger partial charge in [0.1, 0.15) is 11.5 Å². The zero-order valence-corrected chi connectivity index (χ0v) is 16.0. The number of nitro benzene ring substituents is 1. The van der Waals surface area contributed by atoms with Crippen LogP contribution < -0.4 is 0 Å². The third kappa shape index (κ3) is 3.71. The molecule has 4 rings (SSSR count). The predicted octanol–water partition coefficient (Wildman–Crippen LogP) is 3.07. The van der Waals surface area contributed by atoms with Crippen LogP contribution in [-0.4, -0.2) is 59.0 Å². The molecule has 0 saturated carbocycles. The van der Waals surface area contributed by atoms with Crippen molar-refractivity contribution in [2.24, 2.45) is 4.99 Å². The summed E-state index contributed by atoms with van der Waals surface area (Å²) in [5.41, 5.74) is 0.375. The van der Waals surface area contributed by atoms with Crippen LogP contribution in [0.25, 0.3) is 17.4 Å². The highest BCUT2D eigenvalue weighted by Crippen LogP contribution is 2.34. The summed E-state index contributed by atoms with van der Waals surface area (Å²) >= 11 is 1.34. The van der Waals surface area contributed by atoms with E-state index in [1.54, 1.807) is 36.4 Å². The first-order valence-electron chi connectivity index (χ1n) is 8.81. The highest BCUT2D eigenvalue weighted by Gasteiger charge is 2.28. The summed E-state index contributed by atoms with van der Waals surface area (Å²) in [5, 5.41) is 11.9. The molecule has 0 aliphatic carbocycles. The third-order valence-corrected chi connectivity index (χ3v) is 5.69. The molecule has 2 aliphatic heterocycles. The van der Waals surface area contributed by atoms with E-state index >= 15 is 0 Å². The van der Waals surface area contributed by atoms with Crippen LogP contribution >= 0.6 is 11.8 Å². The SMILES string of the molecule is CN1CCN(C2=NC(=O)/C(=C\c3ccc(-c4ccccc4[N+](=O)[O-])o3)S2)CC1. The Hall–Kier alpha value is -2.91. The predicted molar refractivity (Wildman–Crippen MR) is 108 cm³/mol. The second-order valence-corrected chi connectivity index (χ2v) is 7.59. The maximum absolute atomic E-state index is 12.3. The Morgan fingerprint density at radius 3 is 2.68 bits per heavy atom. The molecule has 3 heterocycles. The second-order valence-electron chi connectivity index (χ2n) is 6.58. The van der Waals surface area contributed by atoms with Crippen molar-refractivity contribution in [3.05, 3.63) is 57.2 Å². The molecular formula is C19H18N4O4S. The Kier molecular flexibility index (Phi) is 5.01. The number of hydrogen-bond donors (Lipinski definition) is 0. The smallest absolute Gasteiger partial charge is 0.286 e. The first-order valence-corrected chi connectivity index (χ1v) is 9.62. The van der Waals surface area contributed by atoms with Crippen molar-refractivity contribution in [2.75, 3.05) is 33.2 Å². The number of furan rings is 1. The Morgan fingerprint density at radius 2 is 1.93 bits per heavy atom. The number of likely N-dealkylation sites (N-methyl/N-ethyl adjacent to an activating group) is 1. The second kappa shape index (κ2) is 7.61. The van der Waals surface area contributed by atoms with Crippen LogP contribution in [0, 0.1) is 10.1 Å². The monoisotopic (exact) mass is 398 g/mol. The number of carbonyl (C=O) groups excluding carboxylic acids is 1. The van der Waals surface area contributed by atoms with Crippen LogP contribution in [0.3, 0.4) is 0 Å². The normalized spacial score (nSPS) is 19.3. The van der Waals surface area contributed by atoms with Gasteiger partial charge in [-0.1, -0.05) is 12.1 Å². The Morgan fingerprint density at radius 1 is 1.18 bits per heavy atom. The number of hydrogen-bond acceptors (Lipinski definition) is 7. The van der Waals surface area contributed by atoms with E-state index in [4.69, 9.17) is 4.42 Å². The average Bonchev–Trinajstić information content (AvgIpc) is 3.30. The fourth-order valence-electron chi connectivity index (χ4n) is 3.08. The molecule has 1 saturated heterocycles. The number of benzene rings is 1. The highest BCUT2D eigenvalue weighted by molar-refractivity contribution is 8.18. The van der Waals surface area contributed by atoms with Gasteiger partial charge in [0.25, 0.3) is 11.6 Å². The summed E-state index contributed by atoms with van der Waals surface area (Å²) in [7, 11) is 2.07. The lowest BCUT2D eigenvalue weighted by atomic mass is 10.1. The van der Waals surface area contributed by atoms with Crippen LogP contribution in [0.2, 0.25) is 0 Å². The lowest BCUT2D eigenvalue weighted by Gasteiger charge is -2.32. The molecule has 1 aromatic carbocycles. The number of thioether (sulfide) groups is 1. The van der Waals surface area contributed by atoms with E-state index in [2.05, 4.69) is 21.8 Å². The van der Waals surface area contributed by atoms with Crippen LogP contribution in [0.4, 0.5) is 5.69 Å². The Labute approximate surface area is 165 Å². The first-order chi connectivity index (χ1) is 13.5. The van der Waals surface area contributed by atoms with Gasteiger partial charge in [0.15, 0.2) is 5.17 Å². The molecule has 1 amide bonds. The van der Waals surface area contributed by atoms with Crippen LogP contribution in [0.5, 0.6) is 0 Å². The molecule has 9 heteroatoms. The maximum atomic E-state index is 12.3. The maximum Gasteiger partial charge on any atom is 0.286 e. The molecule has 0 atom stereocenters. The number of aliphatic imine (C=N–C) groups is 1. The lowest BCUT2D eigenvalue weighted by molar-refractivity contribution is -0.384. The van der Waals surface area contributed by atoms with Crippen molar-refractivity contribution >= 4 is 34.6 Å². The molecule has 0 bridgehead atoms. The van der Waals surface area contributed by atoms with Crippen LogP contribution in [0.15, 0.2) is 50.7 Å². The number of amidine groups is 1. The van der Waals surface area contributed by atoms with Gasteiger partial charge in [-0.25, -0.2) is 0 Å².